The molecule has 3 N–H and O–H groups in total. The van der Waals surface area contributed by atoms with Crippen LogP contribution in [0.2, 0.25) is 0 Å². The number of sulfonamides is 1. The molecule has 0 spiro atoms. The summed E-state index contributed by atoms with van der Waals surface area (Å²) in [7, 11) is -2.89. The SMILES string of the molecule is COc1ccc2nc3c(nc2c1)O[C@H]1CN(C(=O)[C@H](C(C)(C)C)NC(=O)O[C@@H]2CC2CCCCC3(F)F)[C@H](C(=O)N[C@]2(C(=O)NS(=O)(=O)C3(C)CC3)C[C@H]2C(F)F)[C@@H]1C. The molecule has 59 heavy (non-hydrogen) atoms. The second kappa shape index (κ2) is 14.9. The summed E-state index contributed by atoms with van der Waals surface area (Å²) in [6.45, 7) is 7.42. The van der Waals surface area contributed by atoms with Crippen molar-refractivity contribution in [2.24, 2.45) is 23.2 Å². The van der Waals surface area contributed by atoms with Crippen LogP contribution in [0.25, 0.3) is 11.0 Å². The number of benzene rings is 1. The number of aromatic nitrogens is 2. The quantitative estimate of drug-likeness (QED) is 0.331. The molecule has 2 bridgehead atoms. The first kappa shape index (κ1) is 42.6. The van der Waals surface area contributed by atoms with Crippen molar-refractivity contribution in [2.75, 3.05) is 13.7 Å². The van der Waals surface area contributed by atoms with Gasteiger partial charge in [0, 0.05) is 18.4 Å². The van der Waals surface area contributed by atoms with Crippen LogP contribution in [-0.4, -0.2) is 102 Å². The normalized spacial score (nSPS) is 31.6. The van der Waals surface area contributed by atoms with E-state index >= 15 is 8.78 Å². The van der Waals surface area contributed by atoms with Gasteiger partial charge in [0.15, 0.2) is 5.69 Å². The van der Waals surface area contributed by atoms with Crippen molar-refractivity contribution in [1.82, 2.24) is 30.2 Å². The molecule has 1 aromatic carbocycles. The van der Waals surface area contributed by atoms with Gasteiger partial charge in [-0.3, -0.25) is 19.1 Å². The van der Waals surface area contributed by atoms with Gasteiger partial charge >= 0.3 is 6.09 Å². The number of nitrogens with one attached hydrogen (secondary N) is 3. The standard InChI is InChI=1S/C39H50F4N6O9S/c1-19-26-18-49(27(19)31(50)47-38(17-22(38)30(40)41)34(52)48-59(54,55)37(5)13-14-37)33(51)29(36(2,3)4)46-35(53)58-25-15-20(25)9-7-8-12-39(42,43)28-32(57-26)45-24-16-21(56-6)10-11-23(24)44-28/h10-11,16,19-20,22,25-27,29-30H,7-9,12-15,17-18H2,1-6H3,(H,46,53)(H,47,50)(H,48,52)/t19-,20?,22+,25-,26+,27+,29-,38-/m1/s1. The van der Waals surface area contributed by atoms with E-state index in [4.69, 9.17) is 14.2 Å². The number of rotatable bonds is 7. The molecule has 1 unspecified atom stereocenters. The molecule has 3 aliphatic carbocycles. The Morgan fingerprint density at radius 2 is 1.76 bits per heavy atom. The molecule has 1 aromatic heterocycles. The molecule has 7 rings (SSSR count). The van der Waals surface area contributed by atoms with Crippen LogP contribution in [0.15, 0.2) is 18.2 Å². The summed E-state index contributed by atoms with van der Waals surface area (Å²) < 4.78 is 105. The topological polar surface area (TPSA) is 195 Å². The third-order valence-corrected chi connectivity index (χ3v) is 14.7. The van der Waals surface area contributed by atoms with Gasteiger partial charge in [-0.2, -0.15) is 8.78 Å². The molecular weight excluding hydrogens is 805 g/mol. The van der Waals surface area contributed by atoms with Crippen LogP contribution < -0.4 is 24.8 Å². The number of methoxy groups -OCH3 is 1. The molecule has 4 amide bonds. The van der Waals surface area contributed by atoms with Gasteiger partial charge in [0.25, 0.3) is 11.8 Å². The Balaban J connectivity index is 1.28. The maximum absolute atomic E-state index is 16.3. The summed E-state index contributed by atoms with van der Waals surface area (Å²) in [5.74, 6) is -9.94. The molecule has 8 atom stereocenters. The van der Waals surface area contributed by atoms with Crippen molar-refractivity contribution < 1.29 is 59.4 Å². The Morgan fingerprint density at radius 3 is 2.39 bits per heavy atom. The zero-order chi connectivity index (χ0) is 43.0. The van der Waals surface area contributed by atoms with E-state index in [1.54, 1.807) is 26.8 Å². The van der Waals surface area contributed by atoms with E-state index in [2.05, 4.69) is 20.6 Å². The van der Waals surface area contributed by atoms with Crippen LogP contribution >= 0.6 is 0 Å². The molecule has 3 saturated carbocycles. The molecular formula is C39H50F4N6O9S. The van der Waals surface area contributed by atoms with E-state index in [0.29, 0.717) is 25.0 Å². The number of amides is 4. The first-order valence-electron chi connectivity index (χ1n) is 19.9. The highest BCUT2D eigenvalue weighted by Gasteiger charge is 2.67. The van der Waals surface area contributed by atoms with Gasteiger partial charge in [0.05, 0.1) is 35.4 Å². The molecule has 4 fully saturated rings. The average molecular weight is 855 g/mol. The maximum Gasteiger partial charge on any atom is 0.408 e. The number of nitrogens with zero attached hydrogens (tertiary/aromatic N) is 3. The lowest BCUT2D eigenvalue weighted by atomic mass is 9.85. The van der Waals surface area contributed by atoms with E-state index in [9.17, 15) is 36.4 Å². The molecule has 5 aliphatic rings. The van der Waals surface area contributed by atoms with Gasteiger partial charge in [-0.1, -0.05) is 34.1 Å². The lowest BCUT2D eigenvalue weighted by Gasteiger charge is -2.36. The van der Waals surface area contributed by atoms with E-state index in [0.717, 1.165) is 4.90 Å². The minimum absolute atomic E-state index is 0.0641. The van der Waals surface area contributed by atoms with Crippen molar-refractivity contribution >= 4 is 44.9 Å². The molecule has 2 aliphatic heterocycles. The number of carbonyl (C=O) groups excluding carboxylic acids is 4. The molecule has 324 valence electrons. The summed E-state index contributed by atoms with van der Waals surface area (Å²) in [4.78, 5) is 65.8. The number of halogens is 4. The lowest BCUT2D eigenvalue weighted by molar-refractivity contribution is -0.143. The predicted octanol–water partition coefficient (Wildman–Crippen LogP) is 4.57. The van der Waals surface area contributed by atoms with E-state index in [1.165, 1.54) is 33.1 Å². The van der Waals surface area contributed by atoms with E-state index < -0.39 is 129 Å². The highest BCUT2D eigenvalue weighted by atomic mass is 32.2. The van der Waals surface area contributed by atoms with Gasteiger partial charge < -0.3 is 29.7 Å². The van der Waals surface area contributed by atoms with E-state index in [1.807, 2.05) is 4.72 Å². The minimum Gasteiger partial charge on any atom is -0.497 e. The van der Waals surface area contributed by atoms with Crippen LogP contribution in [0, 0.1) is 23.2 Å². The fraction of sp³-hybridized carbons (Fsp3) is 0.692. The number of ether oxygens (including phenoxy) is 3. The molecule has 20 heteroatoms. The third kappa shape index (κ3) is 8.21. The zero-order valence-electron chi connectivity index (χ0n) is 33.7. The number of alkyl halides is 4. The molecule has 15 nitrogen and oxygen atoms in total. The summed E-state index contributed by atoms with van der Waals surface area (Å²) in [6.07, 6.45) is -4.99. The Labute approximate surface area is 339 Å². The highest BCUT2D eigenvalue weighted by molar-refractivity contribution is 7.91. The zero-order valence-corrected chi connectivity index (χ0v) is 34.5. The fourth-order valence-electron chi connectivity index (χ4n) is 8.09. The van der Waals surface area contributed by atoms with Crippen LogP contribution in [0.1, 0.15) is 91.7 Å². The summed E-state index contributed by atoms with van der Waals surface area (Å²) in [5, 5.41) is 5.01. The Kier molecular flexibility index (Phi) is 10.8. The second-order valence-corrected chi connectivity index (χ2v) is 20.2. The highest BCUT2D eigenvalue weighted by Crippen LogP contribution is 2.50. The summed E-state index contributed by atoms with van der Waals surface area (Å²) >= 11 is 0. The summed E-state index contributed by atoms with van der Waals surface area (Å²) in [5.41, 5.74) is -3.84. The van der Waals surface area contributed by atoms with Gasteiger partial charge in [-0.25, -0.2) is 32.0 Å². The number of alkyl carbamates (subject to hydrolysis) is 1. The maximum atomic E-state index is 16.3. The predicted molar refractivity (Wildman–Crippen MR) is 202 cm³/mol. The average Bonchev–Trinajstić information content (AvgIpc) is 4.10. The third-order valence-electron chi connectivity index (χ3n) is 12.5. The minimum atomic E-state index is -4.31. The number of fused-ring (bicyclic) bond motifs is 5. The van der Waals surface area contributed by atoms with Crippen molar-refractivity contribution in [1.29, 1.82) is 0 Å². The first-order valence-corrected chi connectivity index (χ1v) is 21.3. The monoisotopic (exact) mass is 854 g/mol. The van der Waals surface area contributed by atoms with Gasteiger partial charge in [-0.15, -0.1) is 0 Å². The molecule has 1 saturated heterocycles. The van der Waals surface area contributed by atoms with Gasteiger partial charge in [-0.05, 0) is 68.9 Å². The smallest absolute Gasteiger partial charge is 0.408 e. The second-order valence-electron chi connectivity index (χ2n) is 18.0. The van der Waals surface area contributed by atoms with Crippen molar-refractivity contribution in [3.63, 3.8) is 0 Å². The largest absolute Gasteiger partial charge is 0.497 e. The van der Waals surface area contributed by atoms with Gasteiger partial charge in [0.1, 0.15) is 35.6 Å². The van der Waals surface area contributed by atoms with Crippen molar-refractivity contribution in [3.05, 3.63) is 23.9 Å². The lowest BCUT2D eigenvalue weighted by Crippen LogP contribution is -2.61. The van der Waals surface area contributed by atoms with Crippen LogP contribution in [0.4, 0.5) is 22.4 Å². The van der Waals surface area contributed by atoms with Gasteiger partial charge in [0.2, 0.25) is 34.1 Å². The number of hydrogen-bond donors (Lipinski definition) is 3. The van der Waals surface area contributed by atoms with Crippen LogP contribution in [0.3, 0.4) is 0 Å². The van der Waals surface area contributed by atoms with E-state index in [-0.39, 0.29) is 36.2 Å². The number of carbonyl (C=O) groups is 4. The fourth-order valence-corrected chi connectivity index (χ4v) is 9.41. The number of hydrogen-bond acceptors (Lipinski definition) is 11. The van der Waals surface area contributed by atoms with Crippen LogP contribution in [-0.2, 0) is 35.1 Å². The summed E-state index contributed by atoms with van der Waals surface area (Å²) in [6, 6.07) is 1.55. The molecule has 0 radical (unpaired) electrons. The van der Waals surface area contributed by atoms with Crippen LogP contribution in [0.5, 0.6) is 11.6 Å². The Hall–Kier alpha value is -4.49. The first-order chi connectivity index (χ1) is 27.5. The van der Waals surface area contributed by atoms with Crippen molar-refractivity contribution in [3.8, 4) is 11.6 Å². The molecule has 3 heterocycles. The van der Waals surface area contributed by atoms with Crippen molar-refractivity contribution in [2.45, 2.75) is 133 Å². The Morgan fingerprint density at radius 1 is 1.05 bits per heavy atom. The Bertz CT molecular complexity index is 2150. The molecule has 2 aromatic rings.